The van der Waals surface area contributed by atoms with Crippen LogP contribution in [0.3, 0.4) is 0 Å². The van der Waals surface area contributed by atoms with Crippen molar-refractivity contribution in [1.82, 2.24) is 4.98 Å². The van der Waals surface area contributed by atoms with Crippen LogP contribution in [0.1, 0.15) is 18.4 Å². The van der Waals surface area contributed by atoms with Crippen molar-refractivity contribution in [2.24, 2.45) is 5.73 Å². The Bertz CT molecular complexity index is 606. The summed E-state index contributed by atoms with van der Waals surface area (Å²) in [7, 11) is 1.69. The number of pyridine rings is 1. The van der Waals surface area contributed by atoms with Crippen LogP contribution in [-0.2, 0) is 6.42 Å². The number of aromatic nitrogens is 1. The second-order valence-electron chi connectivity index (χ2n) is 5.26. The number of rotatable bonds is 4. The van der Waals surface area contributed by atoms with E-state index in [1.165, 1.54) is 18.4 Å². The Balaban J connectivity index is 2.09. The molecule has 4 nitrogen and oxygen atoms in total. The van der Waals surface area contributed by atoms with Gasteiger partial charge >= 0.3 is 0 Å². The Kier molecular flexibility index (Phi) is 3.74. The van der Waals surface area contributed by atoms with E-state index in [0.717, 1.165) is 42.0 Å². The quantitative estimate of drug-likeness (QED) is 0.927. The number of benzene rings is 1. The lowest BCUT2D eigenvalue weighted by Crippen LogP contribution is -2.21. The maximum Gasteiger partial charge on any atom is 0.132 e. The van der Waals surface area contributed by atoms with Gasteiger partial charge in [-0.3, -0.25) is 0 Å². The number of fused-ring (bicyclic) bond motifs is 1. The monoisotopic (exact) mass is 271 g/mol. The van der Waals surface area contributed by atoms with Crippen LogP contribution in [0, 0.1) is 0 Å². The first-order valence-electron chi connectivity index (χ1n) is 7.24. The van der Waals surface area contributed by atoms with Gasteiger partial charge in [-0.15, -0.1) is 0 Å². The largest absolute Gasteiger partial charge is 0.497 e. The molecule has 0 amide bonds. The molecule has 106 valence electrons. The predicted molar refractivity (Wildman–Crippen MR) is 82.5 cm³/mol. The first kappa shape index (κ1) is 13.2. The topological polar surface area (TPSA) is 51.4 Å². The maximum absolute atomic E-state index is 5.76. The molecule has 20 heavy (non-hydrogen) atoms. The summed E-state index contributed by atoms with van der Waals surface area (Å²) in [6.07, 6.45) is 3.38. The molecule has 0 atom stereocenters. The Labute approximate surface area is 119 Å². The molecule has 1 aliphatic rings. The highest BCUT2D eigenvalue weighted by atomic mass is 16.5. The molecule has 0 unspecified atom stereocenters. The van der Waals surface area contributed by atoms with Crippen molar-refractivity contribution < 1.29 is 4.74 Å². The van der Waals surface area contributed by atoms with Gasteiger partial charge in [0.2, 0.25) is 0 Å². The molecule has 0 radical (unpaired) electrons. The van der Waals surface area contributed by atoms with Crippen LogP contribution in [0.15, 0.2) is 24.3 Å². The van der Waals surface area contributed by atoms with Crippen molar-refractivity contribution in [2.45, 2.75) is 19.3 Å². The van der Waals surface area contributed by atoms with Crippen molar-refractivity contribution >= 4 is 16.7 Å². The first-order valence-corrected chi connectivity index (χ1v) is 7.24. The Morgan fingerprint density at radius 2 is 2.05 bits per heavy atom. The van der Waals surface area contributed by atoms with Gasteiger partial charge in [0.15, 0.2) is 0 Å². The number of hydrogen-bond donors (Lipinski definition) is 1. The smallest absolute Gasteiger partial charge is 0.132 e. The van der Waals surface area contributed by atoms with E-state index in [1.54, 1.807) is 7.11 Å². The van der Waals surface area contributed by atoms with Crippen LogP contribution in [0.2, 0.25) is 0 Å². The summed E-state index contributed by atoms with van der Waals surface area (Å²) in [4.78, 5) is 7.25. The minimum atomic E-state index is 0.651. The summed E-state index contributed by atoms with van der Waals surface area (Å²) in [5, 5.41) is 1.12. The van der Waals surface area contributed by atoms with E-state index in [0.29, 0.717) is 6.54 Å². The fourth-order valence-corrected chi connectivity index (χ4v) is 2.86. The minimum absolute atomic E-state index is 0.651. The van der Waals surface area contributed by atoms with Gasteiger partial charge in [-0.1, -0.05) is 0 Å². The van der Waals surface area contributed by atoms with Crippen LogP contribution >= 0.6 is 0 Å². The van der Waals surface area contributed by atoms with Gasteiger partial charge in [-0.2, -0.15) is 0 Å². The summed E-state index contributed by atoms with van der Waals surface area (Å²) < 4.78 is 5.29. The average molecular weight is 271 g/mol. The van der Waals surface area contributed by atoms with Crippen molar-refractivity contribution in [3.8, 4) is 5.75 Å². The molecule has 0 bridgehead atoms. The van der Waals surface area contributed by atoms with Crippen molar-refractivity contribution in [3.05, 3.63) is 29.8 Å². The number of methoxy groups -OCH3 is 1. The highest BCUT2D eigenvalue weighted by Gasteiger charge is 2.17. The minimum Gasteiger partial charge on any atom is -0.497 e. The van der Waals surface area contributed by atoms with Crippen molar-refractivity contribution in [3.63, 3.8) is 0 Å². The lowest BCUT2D eigenvalue weighted by Gasteiger charge is -2.20. The normalized spacial score (nSPS) is 15.0. The molecule has 1 aromatic heterocycles. The van der Waals surface area contributed by atoms with Crippen molar-refractivity contribution in [2.75, 3.05) is 31.6 Å². The maximum atomic E-state index is 5.76. The summed E-state index contributed by atoms with van der Waals surface area (Å²) in [6, 6.07) is 8.24. The van der Waals surface area contributed by atoms with E-state index in [2.05, 4.69) is 11.0 Å². The molecular weight excluding hydrogens is 250 g/mol. The van der Waals surface area contributed by atoms with Gasteiger partial charge in [-0.05, 0) is 55.6 Å². The van der Waals surface area contributed by atoms with Gasteiger partial charge in [0.25, 0.3) is 0 Å². The second kappa shape index (κ2) is 5.67. The van der Waals surface area contributed by atoms with E-state index >= 15 is 0 Å². The van der Waals surface area contributed by atoms with Gasteiger partial charge in [0, 0.05) is 18.5 Å². The fourth-order valence-electron chi connectivity index (χ4n) is 2.86. The first-order chi connectivity index (χ1) is 9.81. The molecule has 1 aromatic carbocycles. The van der Waals surface area contributed by atoms with Gasteiger partial charge in [0.05, 0.1) is 12.6 Å². The van der Waals surface area contributed by atoms with Gasteiger partial charge < -0.3 is 15.4 Å². The van der Waals surface area contributed by atoms with E-state index < -0.39 is 0 Å². The third-order valence-corrected chi connectivity index (χ3v) is 3.90. The SMILES string of the molecule is COc1ccc2nc(N3CCCC3)c(CCN)cc2c1. The Morgan fingerprint density at radius 1 is 1.25 bits per heavy atom. The third kappa shape index (κ3) is 2.43. The van der Waals surface area contributed by atoms with Crippen LogP contribution in [0.5, 0.6) is 5.75 Å². The van der Waals surface area contributed by atoms with Crippen LogP contribution in [0.25, 0.3) is 10.9 Å². The summed E-state index contributed by atoms with van der Waals surface area (Å²) in [6.45, 7) is 2.86. The molecule has 4 heteroatoms. The molecule has 0 saturated carbocycles. The molecule has 3 rings (SSSR count). The van der Waals surface area contributed by atoms with Crippen LogP contribution < -0.4 is 15.4 Å². The predicted octanol–water partition coefficient (Wildman–Crippen LogP) is 2.34. The second-order valence-corrected chi connectivity index (χ2v) is 5.26. The summed E-state index contributed by atoms with van der Waals surface area (Å²) >= 11 is 0. The van der Waals surface area contributed by atoms with E-state index in [4.69, 9.17) is 15.5 Å². The lowest BCUT2D eigenvalue weighted by molar-refractivity contribution is 0.415. The number of anilines is 1. The number of ether oxygens (including phenoxy) is 1. The van der Waals surface area contributed by atoms with E-state index in [1.807, 2.05) is 18.2 Å². The average Bonchev–Trinajstić information content (AvgIpc) is 3.00. The zero-order chi connectivity index (χ0) is 13.9. The van der Waals surface area contributed by atoms with Crippen LogP contribution in [-0.4, -0.2) is 31.7 Å². The molecule has 0 spiro atoms. The molecule has 1 saturated heterocycles. The molecule has 1 fully saturated rings. The molecule has 1 aliphatic heterocycles. The van der Waals surface area contributed by atoms with Gasteiger partial charge in [0.1, 0.15) is 11.6 Å². The van der Waals surface area contributed by atoms with E-state index in [-0.39, 0.29) is 0 Å². The number of hydrogen-bond acceptors (Lipinski definition) is 4. The highest BCUT2D eigenvalue weighted by Crippen LogP contribution is 2.28. The standard InChI is InChI=1S/C16H21N3O/c1-20-14-4-5-15-13(11-14)10-12(6-7-17)16(18-15)19-8-2-3-9-19/h4-5,10-11H,2-3,6-9,17H2,1H3. The number of nitrogens with two attached hydrogens (primary N) is 1. The molecule has 2 aromatic rings. The Hall–Kier alpha value is -1.81. The zero-order valence-corrected chi connectivity index (χ0v) is 11.9. The van der Waals surface area contributed by atoms with Crippen molar-refractivity contribution in [1.29, 1.82) is 0 Å². The zero-order valence-electron chi connectivity index (χ0n) is 11.9. The Morgan fingerprint density at radius 3 is 2.75 bits per heavy atom. The summed E-state index contributed by atoms with van der Waals surface area (Å²) in [5.74, 6) is 1.98. The molecule has 0 aliphatic carbocycles. The molecule has 2 N–H and O–H groups in total. The van der Waals surface area contributed by atoms with Gasteiger partial charge in [-0.25, -0.2) is 4.98 Å². The lowest BCUT2D eigenvalue weighted by atomic mass is 10.1. The summed E-state index contributed by atoms with van der Waals surface area (Å²) in [5.41, 5.74) is 8.02. The molecule has 2 heterocycles. The fraction of sp³-hybridized carbons (Fsp3) is 0.438. The highest BCUT2D eigenvalue weighted by molar-refractivity contribution is 5.83. The number of nitrogens with zero attached hydrogens (tertiary/aromatic N) is 2. The molecular formula is C16H21N3O. The van der Waals surface area contributed by atoms with E-state index in [9.17, 15) is 0 Å². The van der Waals surface area contributed by atoms with Crippen LogP contribution in [0.4, 0.5) is 5.82 Å². The third-order valence-electron chi connectivity index (χ3n) is 3.90.